The average Bonchev–Trinajstić information content (AvgIpc) is 2.10. The molecule has 0 fully saturated rings. The predicted molar refractivity (Wildman–Crippen MR) is 48.7 cm³/mol. The quantitative estimate of drug-likeness (QED) is 0.457. The zero-order valence-corrected chi connectivity index (χ0v) is 7.86. The maximum absolute atomic E-state index is 10.5. The third-order valence-corrected chi connectivity index (χ3v) is 1.47. The minimum absolute atomic E-state index is 0.0867. The van der Waals surface area contributed by atoms with Crippen molar-refractivity contribution in [3.63, 3.8) is 0 Å². The molecule has 1 N–H and O–H groups in total. The summed E-state index contributed by atoms with van der Waals surface area (Å²) in [4.78, 5) is 10.5. The molecule has 0 rings (SSSR count). The van der Waals surface area contributed by atoms with Crippen molar-refractivity contribution in [1.29, 1.82) is 0 Å². The number of carboxylic acids is 1. The van der Waals surface area contributed by atoms with Crippen LogP contribution in [0.5, 0.6) is 0 Å². The molecule has 0 radical (unpaired) electrons. The minimum atomic E-state index is -0.986. The second kappa shape index (κ2) is 7.76. The third-order valence-electron chi connectivity index (χ3n) is 1.47. The Morgan fingerprint density at radius 2 is 2.38 bits per heavy atom. The summed E-state index contributed by atoms with van der Waals surface area (Å²) >= 11 is 0. The first-order valence-corrected chi connectivity index (χ1v) is 4.16. The van der Waals surface area contributed by atoms with E-state index < -0.39 is 12.1 Å². The molecule has 0 bridgehead atoms. The Morgan fingerprint density at radius 1 is 1.69 bits per heavy atom. The molecular formula is C9H16O4. The number of carbonyl (C=O) groups is 1. The standard InChI is InChI=1S/C9H16O4/c1-3-4-5-6-13-8(7-12-2)9(10)11/h3,8H,1,4-7H2,2H3,(H,10,11). The highest BCUT2D eigenvalue weighted by molar-refractivity contribution is 5.72. The third kappa shape index (κ3) is 6.31. The van der Waals surface area contributed by atoms with Crippen molar-refractivity contribution in [2.45, 2.75) is 18.9 Å². The van der Waals surface area contributed by atoms with Crippen LogP contribution < -0.4 is 0 Å². The zero-order valence-electron chi connectivity index (χ0n) is 7.86. The van der Waals surface area contributed by atoms with Gasteiger partial charge in [0, 0.05) is 13.7 Å². The summed E-state index contributed by atoms with van der Waals surface area (Å²) in [5.41, 5.74) is 0. The van der Waals surface area contributed by atoms with Gasteiger partial charge in [-0.15, -0.1) is 6.58 Å². The Kier molecular flexibility index (Phi) is 7.24. The molecule has 0 amide bonds. The van der Waals surface area contributed by atoms with E-state index in [9.17, 15) is 4.79 Å². The van der Waals surface area contributed by atoms with Gasteiger partial charge in [0.15, 0.2) is 6.10 Å². The van der Waals surface area contributed by atoms with E-state index in [1.165, 1.54) is 7.11 Å². The van der Waals surface area contributed by atoms with E-state index in [0.717, 1.165) is 12.8 Å². The fourth-order valence-electron chi connectivity index (χ4n) is 0.795. The fourth-order valence-corrected chi connectivity index (χ4v) is 0.795. The Morgan fingerprint density at radius 3 is 2.85 bits per heavy atom. The number of aliphatic carboxylic acids is 1. The molecule has 0 aliphatic carbocycles. The molecule has 4 nitrogen and oxygen atoms in total. The molecule has 0 saturated carbocycles. The minimum Gasteiger partial charge on any atom is -0.479 e. The van der Waals surface area contributed by atoms with Gasteiger partial charge in [-0.3, -0.25) is 0 Å². The first-order valence-electron chi connectivity index (χ1n) is 4.16. The SMILES string of the molecule is C=CCCCOC(COC)C(=O)O. The maximum Gasteiger partial charge on any atom is 0.335 e. The highest BCUT2D eigenvalue weighted by atomic mass is 16.5. The van der Waals surface area contributed by atoms with Crippen molar-refractivity contribution in [3.05, 3.63) is 12.7 Å². The fraction of sp³-hybridized carbons (Fsp3) is 0.667. The van der Waals surface area contributed by atoms with Crippen LogP contribution in [0.25, 0.3) is 0 Å². The number of ether oxygens (including phenoxy) is 2. The van der Waals surface area contributed by atoms with Crippen LogP contribution in [-0.4, -0.2) is 37.5 Å². The largest absolute Gasteiger partial charge is 0.479 e. The molecule has 0 heterocycles. The molecule has 76 valence electrons. The summed E-state index contributed by atoms with van der Waals surface area (Å²) in [6.07, 6.45) is 2.54. The Labute approximate surface area is 78.2 Å². The summed E-state index contributed by atoms with van der Waals surface area (Å²) in [6, 6.07) is 0. The molecule has 0 saturated heterocycles. The van der Waals surface area contributed by atoms with Gasteiger partial charge in [0.25, 0.3) is 0 Å². The van der Waals surface area contributed by atoms with E-state index >= 15 is 0 Å². The highest BCUT2D eigenvalue weighted by Gasteiger charge is 2.16. The molecule has 0 aliphatic rings. The van der Waals surface area contributed by atoms with Crippen LogP contribution >= 0.6 is 0 Å². The summed E-state index contributed by atoms with van der Waals surface area (Å²) in [6.45, 7) is 4.06. The number of unbranched alkanes of at least 4 members (excludes halogenated alkanes) is 1. The molecule has 0 aromatic rings. The van der Waals surface area contributed by atoms with Gasteiger partial charge in [0.1, 0.15) is 0 Å². The van der Waals surface area contributed by atoms with E-state index in [0.29, 0.717) is 6.61 Å². The van der Waals surface area contributed by atoms with Crippen molar-refractivity contribution in [2.24, 2.45) is 0 Å². The lowest BCUT2D eigenvalue weighted by molar-refractivity contribution is -0.153. The number of allylic oxidation sites excluding steroid dienone is 1. The van der Waals surface area contributed by atoms with Gasteiger partial charge < -0.3 is 14.6 Å². The van der Waals surface area contributed by atoms with Gasteiger partial charge in [-0.25, -0.2) is 4.79 Å². The topological polar surface area (TPSA) is 55.8 Å². The zero-order chi connectivity index (χ0) is 10.1. The molecule has 0 aromatic heterocycles. The van der Waals surface area contributed by atoms with Crippen molar-refractivity contribution in [2.75, 3.05) is 20.3 Å². The summed E-state index contributed by atoms with van der Waals surface area (Å²) in [5.74, 6) is -0.986. The maximum atomic E-state index is 10.5. The first kappa shape index (κ1) is 12.1. The van der Waals surface area contributed by atoms with Crippen molar-refractivity contribution < 1.29 is 19.4 Å². The molecule has 0 aliphatic heterocycles. The van der Waals surface area contributed by atoms with Gasteiger partial charge in [0.05, 0.1) is 6.61 Å². The summed E-state index contributed by atoms with van der Waals surface area (Å²) in [7, 11) is 1.45. The summed E-state index contributed by atoms with van der Waals surface area (Å²) < 4.78 is 9.77. The number of hydrogen-bond donors (Lipinski definition) is 1. The predicted octanol–water partition coefficient (Wildman–Crippen LogP) is 1.07. The smallest absolute Gasteiger partial charge is 0.335 e. The van der Waals surface area contributed by atoms with Crippen LogP contribution in [-0.2, 0) is 14.3 Å². The lowest BCUT2D eigenvalue weighted by Crippen LogP contribution is -2.29. The van der Waals surface area contributed by atoms with E-state index in [-0.39, 0.29) is 6.61 Å². The second-order valence-corrected chi connectivity index (χ2v) is 2.58. The molecule has 0 aromatic carbocycles. The Hall–Kier alpha value is -0.870. The van der Waals surface area contributed by atoms with Gasteiger partial charge in [0.2, 0.25) is 0 Å². The van der Waals surface area contributed by atoms with Crippen LogP contribution in [0.1, 0.15) is 12.8 Å². The van der Waals surface area contributed by atoms with E-state index in [1.807, 2.05) is 0 Å². The van der Waals surface area contributed by atoms with E-state index in [2.05, 4.69) is 6.58 Å². The Balaban J connectivity index is 3.56. The van der Waals surface area contributed by atoms with Crippen LogP contribution in [0.4, 0.5) is 0 Å². The number of carboxylic acid groups (broad SMARTS) is 1. The lowest BCUT2D eigenvalue weighted by atomic mass is 10.3. The second-order valence-electron chi connectivity index (χ2n) is 2.58. The molecule has 1 unspecified atom stereocenters. The van der Waals surface area contributed by atoms with Crippen LogP contribution in [0.2, 0.25) is 0 Å². The number of rotatable bonds is 8. The lowest BCUT2D eigenvalue weighted by Gasteiger charge is -2.11. The number of hydrogen-bond acceptors (Lipinski definition) is 3. The van der Waals surface area contributed by atoms with Gasteiger partial charge >= 0.3 is 5.97 Å². The molecule has 13 heavy (non-hydrogen) atoms. The highest BCUT2D eigenvalue weighted by Crippen LogP contribution is 1.97. The first-order chi connectivity index (χ1) is 6.22. The van der Waals surface area contributed by atoms with Crippen LogP contribution in [0, 0.1) is 0 Å². The van der Waals surface area contributed by atoms with Crippen LogP contribution in [0.3, 0.4) is 0 Å². The van der Waals surface area contributed by atoms with Gasteiger partial charge in [-0.2, -0.15) is 0 Å². The summed E-state index contributed by atoms with van der Waals surface area (Å²) in [5, 5.41) is 8.64. The molecule has 4 heteroatoms. The van der Waals surface area contributed by atoms with Crippen LogP contribution in [0.15, 0.2) is 12.7 Å². The van der Waals surface area contributed by atoms with Gasteiger partial charge in [-0.1, -0.05) is 6.08 Å². The van der Waals surface area contributed by atoms with E-state index in [1.54, 1.807) is 6.08 Å². The Bertz CT molecular complexity index is 156. The van der Waals surface area contributed by atoms with Crippen molar-refractivity contribution in [3.8, 4) is 0 Å². The molecular weight excluding hydrogens is 172 g/mol. The van der Waals surface area contributed by atoms with Crippen molar-refractivity contribution >= 4 is 5.97 Å². The normalized spacial score (nSPS) is 12.4. The number of methoxy groups -OCH3 is 1. The monoisotopic (exact) mass is 188 g/mol. The van der Waals surface area contributed by atoms with E-state index in [4.69, 9.17) is 14.6 Å². The molecule has 0 spiro atoms. The van der Waals surface area contributed by atoms with Crippen molar-refractivity contribution in [1.82, 2.24) is 0 Å². The average molecular weight is 188 g/mol. The molecule has 1 atom stereocenters. The van der Waals surface area contributed by atoms with Gasteiger partial charge in [-0.05, 0) is 12.8 Å².